The Balaban J connectivity index is 1.52. The standard InChI is InChI=1S/C15H17N5OS/c1-10-5-3-4-6-12(10)9-13(21)16-8-7-14-19-20-11(2)17-18-15(20)22-14/h3-6H,7-9H2,1-2H3,(H,16,21). The van der Waals surface area contributed by atoms with E-state index >= 15 is 0 Å². The maximum absolute atomic E-state index is 12.0. The van der Waals surface area contributed by atoms with Crippen LogP contribution in [0.4, 0.5) is 0 Å². The molecular weight excluding hydrogens is 298 g/mol. The van der Waals surface area contributed by atoms with Crippen LogP contribution in [0, 0.1) is 13.8 Å². The highest BCUT2D eigenvalue weighted by atomic mass is 32.1. The molecule has 3 aromatic rings. The molecule has 0 radical (unpaired) electrons. The van der Waals surface area contributed by atoms with Gasteiger partial charge in [0.15, 0.2) is 5.82 Å². The second-order valence-electron chi connectivity index (χ2n) is 5.14. The molecule has 22 heavy (non-hydrogen) atoms. The van der Waals surface area contributed by atoms with Crippen LogP contribution >= 0.6 is 11.3 Å². The molecule has 0 saturated carbocycles. The molecule has 0 atom stereocenters. The van der Waals surface area contributed by atoms with Crippen LogP contribution in [0.5, 0.6) is 0 Å². The zero-order chi connectivity index (χ0) is 15.5. The van der Waals surface area contributed by atoms with Crippen LogP contribution in [0.3, 0.4) is 0 Å². The van der Waals surface area contributed by atoms with Crippen molar-refractivity contribution in [2.45, 2.75) is 26.7 Å². The Bertz CT molecular complexity index is 807. The van der Waals surface area contributed by atoms with Crippen LogP contribution in [0.1, 0.15) is 22.0 Å². The third-order valence-corrected chi connectivity index (χ3v) is 4.42. The van der Waals surface area contributed by atoms with E-state index in [1.165, 1.54) is 11.3 Å². The largest absolute Gasteiger partial charge is 0.355 e. The van der Waals surface area contributed by atoms with Crippen molar-refractivity contribution in [3.05, 3.63) is 46.2 Å². The zero-order valence-electron chi connectivity index (χ0n) is 12.5. The number of carbonyl (C=O) groups is 1. The van der Waals surface area contributed by atoms with Crippen LogP contribution in [-0.2, 0) is 17.6 Å². The summed E-state index contributed by atoms with van der Waals surface area (Å²) in [5, 5.41) is 16.3. The van der Waals surface area contributed by atoms with Crippen molar-refractivity contribution in [3.8, 4) is 0 Å². The lowest BCUT2D eigenvalue weighted by molar-refractivity contribution is -0.120. The van der Waals surface area contributed by atoms with E-state index in [1.807, 2.05) is 38.1 Å². The molecule has 0 fully saturated rings. The van der Waals surface area contributed by atoms with Gasteiger partial charge in [-0.1, -0.05) is 35.6 Å². The van der Waals surface area contributed by atoms with Crippen molar-refractivity contribution in [1.29, 1.82) is 0 Å². The first-order chi connectivity index (χ1) is 10.6. The minimum atomic E-state index is 0.0356. The van der Waals surface area contributed by atoms with Crippen LogP contribution in [0.15, 0.2) is 24.3 Å². The summed E-state index contributed by atoms with van der Waals surface area (Å²) in [6, 6.07) is 7.94. The number of hydrogen-bond donors (Lipinski definition) is 1. The Morgan fingerprint density at radius 3 is 2.86 bits per heavy atom. The molecule has 7 heteroatoms. The number of aryl methyl sites for hydroxylation is 2. The smallest absolute Gasteiger partial charge is 0.234 e. The van der Waals surface area contributed by atoms with Crippen molar-refractivity contribution in [2.75, 3.05) is 6.54 Å². The van der Waals surface area contributed by atoms with Gasteiger partial charge in [-0.2, -0.15) is 9.61 Å². The summed E-state index contributed by atoms with van der Waals surface area (Å²) < 4.78 is 1.73. The van der Waals surface area contributed by atoms with Gasteiger partial charge in [0.2, 0.25) is 10.9 Å². The predicted molar refractivity (Wildman–Crippen MR) is 85.0 cm³/mol. The first kappa shape index (κ1) is 14.6. The van der Waals surface area contributed by atoms with Crippen LogP contribution in [0.25, 0.3) is 4.96 Å². The van der Waals surface area contributed by atoms with E-state index in [9.17, 15) is 4.79 Å². The fraction of sp³-hybridized carbons (Fsp3) is 0.333. The fourth-order valence-corrected chi connectivity index (χ4v) is 3.09. The van der Waals surface area contributed by atoms with E-state index in [0.29, 0.717) is 19.4 Å². The Labute approximate surface area is 132 Å². The van der Waals surface area contributed by atoms with Crippen molar-refractivity contribution in [3.63, 3.8) is 0 Å². The first-order valence-electron chi connectivity index (χ1n) is 7.12. The Hall–Kier alpha value is -2.28. The van der Waals surface area contributed by atoms with E-state index in [0.717, 1.165) is 26.9 Å². The molecule has 0 spiro atoms. The maximum Gasteiger partial charge on any atom is 0.234 e. The number of benzene rings is 1. The average molecular weight is 315 g/mol. The SMILES string of the molecule is Cc1ccccc1CC(=O)NCCc1nn2c(C)nnc2s1. The van der Waals surface area contributed by atoms with Gasteiger partial charge in [0.25, 0.3) is 0 Å². The molecule has 0 aliphatic rings. The van der Waals surface area contributed by atoms with Gasteiger partial charge in [0, 0.05) is 13.0 Å². The molecular formula is C15H17N5OS. The molecule has 0 unspecified atom stereocenters. The number of rotatable bonds is 5. The number of nitrogens with one attached hydrogen (secondary N) is 1. The van der Waals surface area contributed by atoms with E-state index in [2.05, 4.69) is 20.6 Å². The molecule has 0 bridgehead atoms. The third-order valence-electron chi connectivity index (χ3n) is 3.46. The number of hydrogen-bond acceptors (Lipinski definition) is 5. The first-order valence-corrected chi connectivity index (χ1v) is 7.94. The molecule has 0 aliphatic heterocycles. The summed E-state index contributed by atoms with van der Waals surface area (Å²) >= 11 is 1.50. The van der Waals surface area contributed by atoms with Gasteiger partial charge in [-0.15, -0.1) is 10.2 Å². The van der Waals surface area contributed by atoms with E-state index < -0.39 is 0 Å². The summed E-state index contributed by atoms with van der Waals surface area (Å²) in [7, 11) is 0. The number of nitrogens with zero attached hydrogens (tertiary/aromatic N) is 4. The number of amides is 1. The molecule has 3 rings (SSSR count). The normalized spacial score (nSPS) is 11.0. The summed E-state index contributed by atoms with van der Waals surface area (Å²) in [5.41, 5.74) is 2.20. The summed E-state index contributed by atoms with van der Waals surface area (Å²) in [4.78, 5) is 12.8. The van der Waals surface area contributed by atoms with E-state index in [-0.39, 0.29) is 5.91 Å². The summed E-state index contributed by atoms with van der Waals surface area (Å²) in [6.07, 6.45) is 1.11. The van der Waals surface area contributed by atoms with Gasteiger partial charge in [-0.25, -0.2) is 0 Å². The maximum atomic E-state index is 12.0. The van der Waals surface area contributed by atoms with Crippen LogP contribution in [-0.4, -0.2) is 32.3 Å². The molecule has 2 aromatic heterocycles. The monoisotopic (exact) mass is 315 g/mol. The Morgan fingerprint density at radius 1 is 1.27 bits per heavy atom. The molecule has 1 aromatic carbocycles. The molecule has 2 heterocycles. The van der Waals surface area contributed by atoms with Gasteiger partial charge in [0.05, 0.1) is 6.42 Å². The van der Waals surface area contributed by atoms with Gasteiger partial charge in [-0.05, 0) is 25.0 Å². The van der Waals surface area contributed by atoms with Gasteiger partial charge in [0.1, 0.15) is 5.01 Å². The second kappa shape index (κ2) is 6.23. The quantitative estimate of drug-likeness (QED) is 0.778. The minimum Gasteiger partial charge on any atom is -0.355 e. The van der Waals surface area contributed by atoms with Crippen molar-refractivity contribution < 1.29 is 4.79 Å². The molecule has 1 N–H and O–H groups in total. The fourth-order valence-electron chi connectivity index (χ4n) is 2.21. The molecule has 0 aliphatic carbocycles. The minimum absolute atomic E-state index is 0.0356. The molecule has 1 amide bonds. The summed E-state index contributed by atoms with van der Waals surface area (Å²) in [6.45, 7) is 4.46. The van der Waals surface area contributed by atoms with E-state index in [1.54, 1.807) is 4.52 Å². The highest BCUT2D eigenvalue weighted by Gasteiger charge is 2.09. The van der Waals surface area contributed by atoms with Gasteiger partial charge < -0.3 is 5.32 Å². The molecule has 114 valence electrons. The predicted octanol–water partition coefficient (Wildman–Crippen LogP) is 1.70. The highest BCUT2D eigenvalue weighted by Crippen LogP contribution is 2.13. The van der Waals surface area contributed by atoms with Crippen LogP contribution < -0.4 is 5.32 Å². The molecule has 6 nitrogen and oxygen atoms in total. The lowest BCUT2D eigenvalue weighted by Gasteiger charge is -2.06. The zero-order valence-corrected chi connectivity index (χ0v) is 13.4. The van der Waals surface area contributed by atoms with E-state index in [4.69, 9.17) is 0 Å². The van der Waals surface area contributed by atoms with Crippen LogP contribution in [0.2, 0.25) is 0 Å². The lowest BCUT2D eigenvalue weighted by Crippen LogP contribution is -2.27. The van der Waals surface area contributed by atoms with Crippen molar-refractivity contribution in [1.82, 2.24) is 25.1 Å². The highest BCUT2D eigenvalue weighted by molar-refractivity contribution is 7.16. The van der Waals surface area contributed by atoms with Crippen molar-refractivity contribution >= 4 is 22.2 Å². The number of fused-ring (bicyclic) bond motifs is 1. The summed E-state index contributed by atoms with van der Waals surface area (Å²) in [5.74, 6) is 0.814. The van der Waals surface area contributed by atoms with Gasteiger partial charge in [-0.3, -0.25) is 4.79 Å². The van der Waals surface area contributed by atoms with Crippen molar-refractivity contribution in [2.24, 2.45) is 0 Å². The average Bonchev–Trinajstić information content (AvgIpc) is 3.04. The Morgan fingerprint density at radius 2 is 2.09 bits per heavy atom. The number of aromatic nitrogens is 4. The molecule has 0 saturated heterocycles. The number of carbonyl (C=O) groups excluding carboxylic acids is 1. The third kappa shape index (κ3) is 3.14. The van der Waals surface area contributed by atoms with Gasteiger partial charge >= 0.3 is 0 Å². The lowest BCUT2D eigenvalue weighted by atomic mass is 10.1. The second-order valence-corrected chi connectivity index (χ2v) is 6.18. The topological polar surface area (TPSA) is 72.2 Å². The Kier molecular flexibility index (Phi) is 4.15.